The van der Waals surface area contributed by atoms with Crippen molar-refractivity contribution >= 4 is 49.7 Å². The van der Waals surface area contributed by atoms with Gasteiger partial charge in [0.1, 0.15) is 0 Å². The van der Waals surface area contributed by atoms with Crippen molar-refractivity contribution in [1.29, 1.82) is 0 Å². The average molecular weight is 260 g/mol. The van der Waals surface area contributed by atoms with Gasteiger partial charge in [0, 0.05) is 0 Å². The van der Waals surface area contributed by atoms with E-state index in [0.717, 1.165) is 0 Å². The van der Waals surface area contributed by atoms with Crippen molar-refractivity contribution in [3.8, 4) is 0 Å². The Balaban J connectivity index is 0.00000256. The number of carboxylic acids is 2. The fourth-order valence-electron chi connectivity index (χ4n) is 1.77. The molecule has 0 saturated heterocycles. The first kappa shape index (κ1) is 16.4. The maximum Gasteiger partial charge on any atom is 2.00 e. The van der Waals surface area contributed by atoms with Crippen LogP contribution in [-0.4, -0.2) is 49.7 Å². The normalized spacial score (nSPS) is 10.4. The summed E-state index contributed by atoms with van der Waals surface area (Å²) < 4.78 is 0. The van der Waals surface area contributed by atoms with Gasteiger partial charge in [-0.25, -0.2) is 0 Å². The number of benzene rings is 1. The molecule has 0 aliphatic carbocycles. The van der Waals surface area contributed by atoms with Crippen LogP contribution in [0.15, 0.2) is 30.3 Å². The zero-order valence-corrected chi connectivity index (χ0v) is 11.8. The minimum atomic E-state index is -2.05. The van der Waals surface area contributed by atoms with Gasteiger partial charge in [0.25, 0.3) is 0 Å². The van der Waals surface area contributed by atoms with Crippen LogP contribution in [0.3, 0.4) is 0 Å². The van der Waals surface area contributed by atoms with Gasteiger partial charge in [-0.3, -0.25) is 0 Å². The summed E-state index contributed by atoms with van der Waals surface area (Å²) >= 11 is 0. The maximum atomic E-state index is 11.1. The summed E-state index contributed by atoms with van der Waals surface area (Å²) in [7, 11) is 0. The summed E-state index contributed by atoms with van der Waals surface area (Å²) in [6.07, 6.45) is 0.374. The predicted molar refractivity (Wildman–Crippen MR) is 58.8 cm³/mol. The summed E-state index contributed by atoms with van der Waals surface area (Å²) in [6.45, 7) is 1.71. The van der Waals surface area contributed by atoms with Crippen LogP contribution in [0.4, 0.5) is 0 Å². The Morgan fingerprint density at radius 2 is 1.59 bits per heavy atom. The molecule has 0 amide bonds. The summed E-state index contributed by atoms with van der Waals surface area (Å²) in [5, 5.41) is 22.2. The Labute approximate surface area is 130 Å². The standard InChI is InChI=1S/C12H14O4.Ca/c1-2-8-12(10(13)14,11(15)16)9-6-4-3-5-7-9;/h3-7H,2,8H2,1H3,(H,13,14)(H,15,16);/q;+2/p-2. The molecule has 17 heavy (non-hydrogen) atoms. The van der Waals surface area contributed by atoms with Crippen molar-refractivity contribution in [2.75, 3.05) is 0 Å². The van der Waals surface area contributed by atoms with Crippen LogP contribution in [0.2, 0.25) is 0 Å². The molecule has 0 saturated carbocycles. The molecule has 0 atom stereocenters. The average Bonchev–Trinajstić information content (AvgIpc) is 2.26. The molecule has 0 aliphatic rings. The van der Waals surface area contributed by atoms with Crippen LogP contribution < -0.4 is 10.2 Å². The Kier molecular flexibility index (Phi) is 6.75. The van der Waals surface area contributed by atoms with Gasteiger partial charge in [-0.05, 0) is 12.0 Å². The van der Waals surface area contributed by atoms with Gasteiger partial charge in [-0.1, -0.05) is 43.7 Å². The molecule has 0 heterocycles. The van der Waals surface area contributed by atoms with E-state index in [9.17, 15) is 19.8 Å². The fourth-order valence-corrected chi connectivity index (χ4v) is 1.77. The third kappa shape index (κ3) is 3.21. The zero-order valence-electron chi connectivity index (χ0n) is 9.64. The van der Waals surface area contributed by atoms with E-state index in [-0.39, 0.29) is 49.7 Å². The van der Waals surface area contributed by atoms with Crippen LogP contribution in [0.25, 0.3) is 0 Å². The fraction of sp³-hybridized carbons (Fsp3) is 0.333. The molecule has 0 unspecified atom stereocenters. The molecule has 0 radical (unpaired) electrons. The van der Waals surface area contributed by atoms with Gasteiger partial charge >= 0.3 is 37.7 Å². The van der Waals surface area contributed by atoms with Gasteiger partial charge in [-0.2, -0.15) is 0 Å². The number of carbonyl (C=O) groups excluding carboxylic acids is 2. The van der Waals surface area contributed by atoms with Crippen LogP contribution in [0, 0.1) is 0 Å². The summed E-state index contributed by atoms with van der Waals surface area (Å²) in [4.78, 5) is 22.2. The van der Waals surface area contributed by atoms with Crippen molar-refractivity contribution in [2.24, 2.45) is 0 Å². The molecule has 5 heteroatoms. The van der Waals surface area contributed by atoms with E-state index >= 15 is 0 Å². The SMILES string of the molecule is CCCC(C(=O)[O-])(C(=O)[O-])c1ccccc1.[Ca+2]. The van der Waals surface area contributed by atoms with Crippen molar-refractivity contribution in [1.82, 2.24) is 0 Å². The van der Waals surface area contributed by atoms with Gasteiger partial charge in [0.2, 0.25) is 0 Å². The Morgan fingerprint density at radius 1 is 1.12 bits per heavy atom. The van der Waals surface area contributed by atoms with E-state index in [2.05, 4.69) is 0 Å². The molecule has 0 N–H and O–H groups in total. The van der Waals surface area contributed by atoms with Crippen LogP contribution in [0.5, 0.6) is 0 Å². The third-order valence-electron chi connectivity index (χ3n) is 2.59. The smallest absolute Gasteiger partial charge is 0.549 e. The number of carboxylic acid groups (broad SMARTS) is 2. The molecule has 0 bridgehead atoms. The van der Waals surface area contributed by atoms with E-state index in [0.29, 0.717) is 6.42 Å². The summed E-state index contributed by atoms with van der Waals surface area (Å²) in [5.74, 6) is -3.25. The Bertz CT molecular complexity index is 375. The molecule has 0 fully saturated rings. The number of hydrogen-bond donors (Lipinski definition) is 0. The molecule has 1 aromatic carbocycles. The molecule has 0 spiro atoms. The first-order valence-corrected chi connectivity index (χ1v) is 5.04. The van der Waals surface area contributed by atoms with E-state index in [1.165, 1.54) is 12.1 Å². The molecule has 1 aromatic rings. The number of aliphatic carboxylic acids is 2. The maximum absolute atomic E-state index is 11.1. The quantitative estimate of drug-likeness (QED) is 0.494. The first-order valence-electron chi connectivity index (χ1n) is 5.04. The van der Waals surface area contributed by atoms with Crippen molar-refractivity contribution < 1.29 is 19.8 Å². The number of hydrogen-bond acceptors (Lipinski definition) is 4. The number of carbonyl (C=O) groups is 2. The van der Waals surface area contributed by atoms with Gasteiger partial charge in [0.05, 0.1) is 17.4 Å². The molecule has 1 rings (SSSR count). The second-order valence-corrected chi connectivity index (χ2v) is 3.60. The molecule has 0 aromatic heterocycles. The second kappa shape index (κ2) is 6.99. The van der Waals surface area contributed by atoms with Gasteiger partial charge in [0.15, 0.2) is 0 Å². The van der Waals surface area contributed by atoms with Crippen LogP contribution >= 0.6 is 0 Å². The van der Waals surface area contributed by atoms with Crippen LogP contribution in [-0.2, 0) is 15.0 Å². The first-order chi connectivity index (χ1) is 7.55. The molecular weight excluding hydrogens is 248 g/mol. The predicted octanol–water partition coefficient (Wildman–Crippen LogP) is -1.16. The second-order valence-electron chi connectivity index (χ2n) is 3.60. The van der Waals surface area contributed by atoms with Gasteiger partial charge in [-0.15, -0.1) is 0 Å². The topological polar surface area (TPSA) is 80.3 Å². The zero-order chi connectivity index (χ0) is 12.2. The molecule has 0 aliphatic heterocycles. The largest absolute Gasteiger partial charge is 2.00 e. The van der Waals surface area contributed by atoms with E-state index in [1.807, 2.05) is 0 Å². The van der Waals surface area contributed by atoms with Crippen molar-refractivity contribution in [3.05, 3.63) is 35.9 Å². The van der Waals surface area contributed by atoms with Crippen molar-refractivity contribution in [2.45, 2.75) is 25.2 Å². The van der Waals surface area contributed by atoms with Crippen LogP contribution in [0.1, 0.15) is 25.3 Å². The molecule has 86 valence electrons. The third-order valence-corrected chi connectivity index (χ3v) is 2.59. The van der Waals surface area contributed by atoms with E-state index in [1.54, 1.807) is 25.1 Å². The monoisotopic (exact) mass is 260 g/mol. The van der Waals surface area contributed by atoms with E-state index in [4.69, 9.17) is 0 Å². The minimum Gasteiger partial charge on any atom is -0.549 e. The van der Waals surface area contributed by atoms with E-state index < -0.39 is 17.4 Å². The molecular formula is C12H12CaO4. The van der Waals surface area contributed by atoms with Crippen molar-refractivity contribution in [3.63, 3.8) is 0 Å². The number of rotatable bonds is 5. The van der Waals surface area contributed by atoms with Gasteiger partial charge < -0.3 is 19.8 Å². The summed E-state index contributed by atoms with van der Waals surface area (Å²) in [6, 6.07) is 7.78. The summed E-state index contributed by atoms with van der Waals surface area (Å²) in [5.41, 5.74) is -1.85. The minimum absolute atomic E-state index is 0. The Morgan fingerprint density at radius 3 is 1.94 bits per heavy atom. The Hall–Kier alpha value is -0.580. The molecule has 4 nitrogen and oxygen atoms in total.